The van der Waals surface area contributed by atoms with Crippen LogP contribution in [-0.2, 0) is 0 Å². The van der Waals surface area contributed by atoms with Crippen molar-refractivity contribution in [3.8, 4) is 17.3 Å². The number of pyridine rings is 1. The summed E-state index contributed by atoms with van der Waals surface area (Å²) in [5, 5.41) is 9.49. The predicted molar refractivity (Wildman–Crippen MR) is 79.6 cm³/mol. The molecular weight excluding hydrogens is 246 g/mol. The van der Waals surface area contributed by atoms with E-state index in [2.05, 4.69) is 37.0 Å². The van der Waals surface area contributed by atoms with E-state index in [4.69, 9.17) is 0 Å². The van der Waals surface area contributed by atoms with Gasteiger partial charge in [0, 0.05) is 11.8 Å². The number of rotatable bonds is 1. The molecule has 0 aliphatic carbocycles. The van der Waals surface area contributed by atoms with Crippen LogP contribution < -0.4 is 0 Å². The van der Waals surface area contributed by atoms with E-state index < -0.39 is 0 Å². The van der Waals surface area contributed by atoms with Crippen molar-refractivity contribution in [3.05, 3.63) is 58.9 Å². The lowest BCUT2D eigenvalue weighted by Gasteiger charge is -2.04. The molecule has 3 nitrogen and oxygen atoms in total. The number of nitrogens with zero attached hydrogens (tertiary/aromatic N) is 3. The van der Waals surface area contributed by atoms with Gasteiger partial charge in [-0.25, -0.2) is 4.98 Å². The topological polar surface area (TPSA) is 41.1 Å². The summed E-state index contributed by atoms with van der Waals surface area (Å²) in [6, 6.07) is 12.5. The summed E-state index contributed by atoms with van der Waals surface area (Å²) in [6.45, 7) is 6.13. The van der Waals surface area contributed by atoms with Gasteiger partial charge in [0.1, 0.15) is 17.4 Å². The first-order chi connectivity index (χ1) is 9.60. The fourth-order valence-electron chi connectivity index (χ4n) is 2.52. The SMILES string of the molecule is Cc1ccc(-c2nc3ccc(C)cn3c2C#N)c(C)c1. The van der Waals surface area contributed by atoms with Gasteiger partial charge in [0.15, 0.2) is 5.69 Å². The zero-order valence-electron chi connectivity index (χ0n) is 11.8. The van der Waals surface area contributed by atoms with Crippen LogP contribution in [0.1, 0.15) is 22.4 Å². The minimum atomic E-state index is 0.593. The summed E-state index contributed by atoms with van der Waals surface area (Å²) in [5.74, 6) is 0. The molecule has 1 aromatic carbocycles. The Kier molecular flexibility index (Phi) is 2.80. The van der Waals surface area contributed by atoms with Crippen molar-refractivity contribution in [1.82, 2.24) is 9.38 Å². The number of fused-ring (bicyclic) bond motifs is 1. The molecule has 0 radical (unpaired) electrons. The van der Waals surface area contributed by atoms with E-state index in [1.807, 2.05) is 35.7 Å². The van der Waals surface area contributed by atoms with Crippen LogP contribution in [0.2, 0.25) is 0 Å². The van der Waals surface area contributed by atoms with Gasteiger partial charge >= 0.3 is 0 Å². The maximum atomic E-state index is 9.49. The average molecular weight is 261 g/mol. The van der Waals surface area contributed by atoms with Gasteiger partial charge < -0.3 is 0 Å². The van der Waals surface area contributed by atoms with Crippen molar-refractivity contribution in [2.45, 2.75) is 20.8 Å². The van der Waals surface area contributed by atoms with Crippen molar-refractivity contribution in [2.24, 2.45) is 0 Å². The van der Waals surface area contributed by atoms with Gasteiger partial charge in [-0.3, -0.25) is 4.40 Å². The second-order valence-corrected chi connectivity index (χ2v) is 5.17. The van der Waals surface area contributed by atoms with Crippen LogP contribution in [0.4, 0.5) is 0 Å². The molecule has 0 spiro atoms. The van der Waals surface area contributed by atoms with E-state index in [9.17, 15) is 5.26 Å². The summed E-state index contributed by atoms with van der Waals surface area (Å²) < 4.78 is 1.87. The summed E-state index contributed by atoms with van der Waals surface area (Å²) in [6.07, 6.45) is 1.95. The number of hydrogen-bond acceptors (Lipinski definition) is 2. The van der Waals surface area contributed by atoms with Crippen LogP contribution >= 0.6 is 0 Å². The molecule has 0 saturated carbocycles. The van der Waals surface area contributed by atoms with Gasteiger partial charge in [0.25, 0.3) is 0 Å². The third-order valence-electron chi connectivity index (χ3n) is 3.51. The van der Waals surface area contributed by atoms with E-state index in [1.165, 1.54) is 5.56 Å². The molecular formula is C17H15N3. The molecule has 0 fully saturated rings. The lowest BCUT2D eigenvalue weighted by Crippen LogP contribution is -1.91. The summed E-state index contributed by atoms with van der Waals surface area (Å²) in [7, 11) is 0. The number of imidazole rings is 1. The Balaban J connectivity index is 2.34. The zero-order valence-corrected chi connectivity index (χ0v) is 11.8. The standard InChI is InChI=1S/C17H15N3/c1-11-4-6-14(13(3)8-11)17-15(9-18)20-10-12(2)5-7-16(20)19-17/h4-8,10H,1-3H3. The summed E-state index contributed by atoms with van der Waals surface area (Å²) in [4.78, 5) is 4.63. The highest BCUT2D eigenvalue weighted by molar-refractivity contribution is 5.72. The second-order valence-electron chi connectivity index (χ2n) is 5.17. The quantitative estimate of drug-likeness (QED) is 0.668. The fraction of sp³-hybridized carbons (Fsp3) is 0.176. The van der Waals surface area contributed by atoms with E-state index in [0.717, 1.165) is 28.0 Å². The Labute approximate surface area is 118 Å². The molecule has 0 atom stereocenters. The van der Waals surface area contributed by atoms with Gasteiger partial charge in [-0.05, 0) is 38.0 Å². The molecule has 2 aromatic heterocycles. The number of hydrogen-bond donors (Lipinski definition) is 0. The highest BCUT2D eigenvalue weighted by Crippen LogP contribution is 2.27. The van der Waals surface area contributed by atoms with Crippen molar-refractivity contribution in [2.75, 3.05) is 0 Å². The van der Waals surface area contributed by atoms with E-state index in [-0.39, 0.29) is 0 Å². The number of aromatic nitrogens is 2. The Hall–Kier alpha value is -2.60. The van der Waals surface area contributed by atoms with Gasteiger partial charge in [-0.2, -0.15) is 5.26 Å². The van der Waals surface area contributed by atoms with Gasteiger partial charge in [-0.1, -0.05) is 29.8 Å². The molecule has 20 heavy (non-hydrogen) atoms. The Morgan fingerprint density at radius 2 is 1.80 bits per heavy atom. The first-order valence-electron chi connectivity index (χ1n) is 6.56. The van der Waals surface area contributed by atoms with Crippen molar-refractivity contribution >= 4 is 5.65 Å². The first kappa shape index (κ1) is 12.4. The highest BCUT2D eigenvalue weighted by atomic mass is 15.0. The normalized spacial score (nSPS) is 10.7. The maximum absolute atomic E-state index is 9.49. The van der Waals surface area contributed by atoms with Gasteiger partial charge in [0.2, 0.25) is 0 Å². The zero-order chi connectivity index (χ0) is 14.3. The molecule has 3 heteroatoms. The molecule has 0 aliphatic rings. The smallest absolute Gasteiger partial charge is 0.152 e. The largest absolute Gasteiger partial charge is 0.290 e. The van der Waals surface area contributed by atoms with E-state index in [0.29, 0.717) is 5.69 Å². The fourth-order valence-corrected chi connectivity index (χ4v) is 2.52. The monoisotopic (exact) mass is 261 g/mol. The number of benzene rings is 1. The third kappa shape index (κ3) is 1.86. The number of aryl methyl sites for hydroxylation is 3. The molecule has 3 rings (SSSR count). The van der Waals surface area contributed by atoms with Gasteiger partial charge in [-0.15, -0.1) is 0 Å². The first-order valence-corrected chi connectivity index (χ1v) is 6.56. The van der Waals surface area contributed by atoms with Crippen LogP contribution in [0.15, 0.2) is 36.5 Å². The van der Waals surface area contributed by atoms with Gasteiger partial charge in [0.05, 0.1) is 0 Å². The molecule has 0 aliphatic heterocycles. The van der Waals surface area contributed by atoms with Crippen LogP contribution in [0, 0.1) is 32.1 Å². The highest BCUT2D eigenvalue weighted by Gasteiger charge is 2.15. The third-order valence-corrected chi connectivity index (χ3v) is 3.51. The van der Waals surface area contributed by atoms with Crippen molar-refractivity contribution in [3.63, 3.8) is 0 Å². The Morgan fingerprint density at radius 3 is 2.50 bits per heavy atom. The van der Waals surface area contributed by atoms with Crippen molar-refractivity contribution in [1.29, 1.82) is 5.26 Å². The Morgan fingerprint density at radius 1 is 1.05 bits per heavy atom. The average Bonchev–Trinajstić information content (AvgIpc) is 2.76. The van der Waals surface area contributed by atoms with Crippen LogP contribution in [0.25, 0.3) is 16.9 Å². The van der Waals surface area contributed by atoms with E-state index >= 15 is 0 Å². The molecule has 0 unspecified atom stereocenters. The predicted octanol–water partition coefficient (Wildman–Crippen LogP) is 3.80. The number of nitriles is 1. The molecule has 2 heterocycles. The summed E-state index contributed by atoms with van der Waals surface area (Å²) >= 11 is 0. The molecule has 3 aromatic rings. The van der Waals surface area contributed by atoms with Crippen LogP contribution in [-0.4, -0.2) is 9.38 Å². The molecule has 0 saturated heterocycles. The Bertz CT molecular complexity index is 851. The molecule has 0 bridgehead atoms. The lowest BCUT2D eigenvalue weighted by atomic mass is 10.0. The van der Waals surface area contributed by atoms with Crippen LogP contribution in [0.3, 0.4) is 0 Å². The van der Waals surface area contributed by atoms with Crippen LogP contribution in [0.5, 0.6) is 0 Å². The molecule has 0 amide bonds. The lowest BCUT2D eigenvalue weighted by molar-refractivity contribution is 1.13. The minimum Gasteiger partial charge on any atom is -0.290 e. The molecule has 98 valence electrons. The maximum Gasteiger partial charge on any atom is 0.152 e. The van der Waals surface area contributed by atoms with Crippen molar-refractivity contribution < 1.29 is 0 Å². The molecule has 0 N–H and O–H groups in total. The van der Waals surface area contributed by atoms with E-state index in [1.54, 1.807) is 0 Å². The summed E-state index contributed by atoms with van der Waals surface area (Å²) in [5.41, 5.74) is 6.64. The second kappa shape index (κ2) is 4.50. The minimum absolute atomic E-state index is 0.593.